The molecule has 6 nitrogen and oxygen atoms in total. The van der Waals surface area contributed by atoms with Gasteiger partial charge in [-0.25, -0.2) is 4.79 Å². The number of allylic oxidation sites excluding steroid dienone is 1. The molecule has 0 radical (unpaired) electrons. The number of nitrogens with zero attached hydrogens (tertiary/aromatic N) is 1. The number of carbonyl (C=O) groups is 3. The van der Waals surface area contributed by atoms with Gasteiger partial charge in [0.15, 0.2) is 0 Å². The Morgan fingerprint density at radius 1 is 1.50 bits per heavy atom. The molecule has 0 aromatic rings. The Hall–Kier alpha value is -1.85. The van der Waals surface area contributed by atoms with Crippen LogP contribution in [0.15, 0.2) is 11.3 Å². The van der Waals surface area contributed by atoms with E-state index in [1.165, 1.54) is 4.90 Å². The number of hydrogen-bond donors (Lipinski definition) is 1. The fraction of sp³-hybridized carbons (Fsp3) is 0.583. The lowest BCUT2D eigenvalue weighted by atomic mass is 9.89. The number of carboxylic acids is 1. The van der Waals surface area contributed by atoms with Gasteiger partial charge in [-0.3, -0.25) is 9.59 Å². The molecule has 1 saturated heterocycles. The zero-order valence-corrected chi connectivity index (χ0v) is 10.1. The van der Waals surface area contributed by atoms with Crippen LogP contribution in [0.5, 0.6) is 0 Å². The summed E-state index contributed by atoms with van der Waals surface area (Å²) in [7, 11) is 0. The molecule has 18 heavy (non-hydrogen) atoms. The highest BCUT2D eigenvalue weighted by Gasteiger charge is 2.42. The van der Waals surface area contributed by atoms with Crippen LogP contribution in [0, 0.1) is 5.92 Å². The first-order valence-electron chi connectivity index (χ1n) is 5.99. The molecule has 1 amide bonds. The van der Waals surface area contributed by atoms with Gasteiger partial charge in [0.05, 0.1) is 18.1 Å². The first kappa shape index (κ1) is 12.6. The number of fused-ring (bicyclic) bond motifs is 1. The van der Waals surface area contributed by atoms with E-state index in [0.29, 0.717) is 18.7 Å². The predicted molar refractivity (Wildman–Crippen MR) is 60.3 cm³/mol. The number of carboxylic acid groups (broad SMARTS) is 1. The highest BCUT2D eigenvalue weighted by atomic mass is 16.5. The van der Waals surface area contributed by atoms with E-state index in [4.69, 9.17) is 9.84 Å². The molecule has 2 aliphatic heterocycles. The average Bonchev–Trinajstić information content (AvgIpc) is 2.78. The standard InChI is InChI=1S/C12H15NO5/c1-2-18-12(17)10-7(11(15)16)6-9(14)13-5-3-4-8(10)13/h7H,2-6H2,1H3,(H,15,16). The number of rotatable bonds is 3. The maximum atomic E-state index is 11.9. The van der Waals surface area contributed by atoms with E-state index < -0.39 is 17.9 Å². The average molecular weight is 253 g/mol. The molecule has 2 rings (SSSR count). The Bertz CT molecular complexity index is 440. The molecule has 1 fully saturated rings. The second-order valence-electron chi connectivity index (χ2n) is 4.32. The number of hydrogen-bond acceptors (Lipinski definition) is 4. The monoisotopic (exact) mass is 253 g/mol. The number of ether oxygens (including phenoxy) is 1. The summed E-state index contributed by atoms with van der Waals surface area (Å²) in [6.45, 7) is 2.42. The second-order valence-corrected chi connectivity index (χ2v) is 4.32. The third-order valence-electron chi connectivity index (χ3n) is 3.25. The summed E-state index contributed by atoms with van der Waals surface area (Å²) in [5, 5.41) is 9.15. The van der Waals surface area contributed by atoms with E-state index in [1.807, 2.05) is 0 Å². The predicted octanol–water partition coefficient (Wildman–Crippen LogP) is 0.530. The minimum absolute atomic E-state index is 0.154. The van der Waals surface area contributed by atoms with Crippen LogP contribution in [0.25, 0.3) is 0 Å². The van der Waals surface area contributed by atoms with Crippen LogP contribution in [0.4, 0.5) is 0 Å². The summed E-state index contributed by atoms with van der Waals surface area (Å²) in [6.07, 6.45) is 1.16. The van der Waals surface area contributed by atoms with Crippen LogP contribution >= 0.6 is 0 Å². The molecule has 2 heterocycles. The molecule has 1 unspecified atom stereocenters. The molecule has 6 heteroatoms. The van der Waals surface area contributed by atoms with Gasteiger partial charge in [-0.1, -0.05) is 0 Å². The molecule has 0 aromatic carbocycles. The molecular formula is C12H15NO5. The number of aliphatic carboxylic acids is 1. The lowest BCUT2D eigenvalue weighted by Crippen LogP contribution is -2.39. The van der Waals surface area contributed by atoms with Crippen molar-refractivity contribution in [1.82, 2.24) is 4.90 Å². The molecule has 98 valence electrons. The fourth-order valence-corrected chi connectivity index (χ4v) is 2.50. The molecule has 1 atom stereocenters. The summed E-state index contributed by atoms with van der Waals surface area (Å²) in [5.74, 6) is -3.05. The van der Waals surface area contributed by atoms with Crippen LogP contribution in [-0.4, -0.2) is 41.0 Å². The highest BCUT2D eigenvalue weighted by Crippen LogP contribution is 2.36. The van der Waals surface area contributed by atoms with E-state index in [1.54, 1.807) is 6.92 Å². The third-order valence-corrected chi connectivity index (χ3v) is 3.25. The summed E-state index contributed by atoms with van der Waals surface area (Å²) in [4.78, 5) is 36.4. The fourth-order valence-electron chi connectivity index (χ4n) is 2.50. The van der Waals surface area contributed by atoms with Gasteiger partial charge in [-0.05, 0) is 19.8 Å². The lowest BCUT2D eigenvalue weighted by molar-refractivity contribution is -0.149. The van der Waals surface area contributed by atoms with Crippen LogP contribution in [-0.2, 0) is 19.1 Å². The normalized spacial score (nSPS) is 23.1. The minimum Gasteiger partial charge on any atom is -0.481 e. The van der Waals surface area contributed by atoms with Crippen molar-refractivity contribution in [2.24, 2.45) is 5.92 Å². The molecule has 0 aromatic heterocycles. The summed E-state index contributed by atoms with van der Waals surface area (Å²) in [5.41, 5.74) is 0.693. The van der Waals surface area contributed by atoms with Gasteiger partial charge in [0.1, 0.15) is 0 Å². The molecule has 2 aliphatic rings. The smallest absolute Gasteiger partial charge is 0.336 e. The van der Waals surface area contributed by atoms with E-state index >= 15 is 0 Å². The van der Waals surface area contributed by atoms with E-state index in [0.717, 1.165) is 6.42 Å². The maximum absolute atomic E-state index is 11.9. The van der Waals surface area contributed by atoms with E-state index in [2.05, 4.69) is 0 Å². The van der Waals surface area contributed by atoms with Gasteiger partial charge < -0.3 is 14.7 Å². The summed E-state index contributed by atoms with van der Waals surface area (Å²) in [6, 6.07) is 0. The molecule has 0 bridgehead atoms. The first-order valence-corrected chi connectivity index (χ1v) is 5.99. The first-order chi connectivity index (χ1) is 8.56. The van der Waals surface area contributed by atoms with E-state index in [-0.39, 0.29) is 24.5 Å². The van der Waals surface area contributed by atoms with Crippen molar-refractivity contribution in [2.45, 2.75) is 26.2 Å². The van der Waals surface area contributed by atoms with Gasteiger partial charge in [0, 0.05) is 18.7 Å². The molecule has 0 saturated carbocycles. The Morgan fingerprint density at radius 2 is 2.22 bits per heavy atom. The molecule has 0 spiro atoms. The molecule has 1 N–H and O–H groups in total. The van der Waals surface area contributed by atoms with Crippen molar-refractivity contribution in [3.63, 3.8) is 0 Å². The Kier molecular flexibility index (Phi) is 3.36. The van der Waals surface area contributed by atoms with Crippen molar-refractivity contribution < 1.29 is 24.2 Å². The van der Waals surface area contributed by atoms with Gasteiger partial charge in [-0.15, -0.1) is 0 Å². The molecule has 0 aliphatic carbocycles. The lowest BCUT2D eigenvalue weighted by Gasteiger charge is -2.29. The topological polar surface area (TPSA) is 83.9 Å². The Labute approximate surface area is 104 Å². The molecular weight excluding hydrogens is 238 g/mol. The second kappa shape index (κ2) is 4.80. The van der Waals surface area contributed by atoms with Crippen molar-refractivity contribution >= 4 is 17.8 Å². The largest absolute Gasteiger partial charge is 0.481 e. The highest BCUT2D eigenvalue weighted by molar-refractivity contribution is 6.00. The van der Waals surface area contributed by atoms with Crippen molar-refractivity contribution in [3.05, 3.63) is 11.3 Å². The van der Waals surface area contributed by atoms with Crippen LogP contribution in [0.1, 0.15) is 26.2 Å². The summed E-state index contributed by atoms with van der Waals surface area (Å²) >= 11 is 0. The third kappa shape index (κ3) is 1.98. The SMILES string of the molecule is CCOC(=O)C1=C2CCCN2C(=O)CC1C(=O)O. The van der Waals surface area contributed by atoms with Crippen molar-refractivity contribution in [3.8, 4) is 0 Å². The number of esters is 1. The van der Waals surface area contributed by atoms with Gasteiger partial charge >= 0.3 is 11.9 Å². The zero-order valence-electron chi connectivity index (χ0n) is 10.1. The van der Waals surface area contributed by atoms with Gasteiger partial charge in [-0.2, -0.15) is 0 Å². The van der Waals surface area contributed by atoms with Gasteiger partial charge in [0.2, 0.25) is 5.91 Å². The van der Waals surface area contributed by atoms with Crippen molar-refractivity contribution in [1.29, 1.82) is 0 Å². The quantitative estimate of drug-likeness (QED) is 0.742. The van der Waals surface area contributed by atoms with Crippen LogP contribution in [0.3, 0.4) is 0 Å². The van der Waals surface area contributed by atoms with Gasteiger partial charge in [0.25, 0.3) is 0 Å². The maximum Gasteiger partial charge on any atom is 0.336 e. The Balaban J connectivity index is 2.44. The van der Waals surface area contributed by atoms with E-state index in [9.17, 15) is 14.4 Å². The number of amides is 1. The summed E-state index contributed by atoms with van der Waals surface area (Å²) < 4.78 is 4.91. The Morgan fingerprint density at radius 3 is 2.83 bits per heavy atom. The zero-order chi connectivity index (χ0) is 13.3. The van der Waals surface area contributed by atoms with Crippen molar-refractivity contribution in [2.75, 3.05) is 13.2 Å². The minimum atomic E-state index is -1.15. The van der Waals surface area contributed by atoms with Crippen LogP contribution < -0.4 is 0 Å². The number of carbonyl (C=O) groups excluding carboxylic acids is 2. The van der Waals surface area contributed by atoms with Crippen LogP contribution in [0.2, 0.25) is 0 Å².